The van der Waals surface area contributed by atoms with Gasteiger partial charge in [0.15, 0.2) is 0 Å². The van der Waals surface area contributed by atoms with Crippen LogP contribution in [0.2, 0.25) is 0 Å². The first-order valence-electron chi connectivity index (χ1n) is 5.62. The first kappa shape index (κ1) is 14.2. The molecule has 0 bridgehead atoms. The molecule has 6 heteroatoms. The van der Waals surface area contributed by atoms with E-state index in [1.165, 1.54) is 0 Å². The molecule has 0 aliphatic carbocycles. The summed E-state index contributed by atoms with van der Waals surface area (Å²) in [6.45, 7) is 3.17. The second-order valence-electron chi connectivity index (χ2n) is 4.03. The number of carboxylic acids is 1. The van der Waals surface area contributed by atoms with Gasteiger partial charge in [-0.2, -0.15) is 5.10 Å². The zero-order valence-corrected chi connectivity index (χ0v) is 11.2. The summed E-state index contributed by atoms with van der Waals surface area (Å²) in [5.41, 5.74) is 1.62. The van der Waals surface area contributed by atoms with Crippen molar-refractivity contribution >= 4 is 17.9 Å². The quantitative estimate of drug-likeness (QED) is 0.763. The highest BCUT2D eigenvalue weighted by molar-refractivity contribution is 5.87. The molecule has 0 unspecified atom stereocenters. The third kappa shape index (κ3) is 3.33. The lowest BCUT2D eigenvalue weighted by Gasteiger charge is -2.19. The topological polar surface area (TPSA) is 67.6 Å². The van der Waals surface area contributed by atoms with E-state index in [2.05, 4.69) is 5.10 Å². The van der Waals surface area contributed by atoms with E-state index in [9.17, 15) is 4.79 Å². The summed E-state index contributed by atoms with van der Waals surface area (Å²) < 4.78 is 6.78. The van der Waals surface area contributed by atoms with Crippen LogP contribution in [0.15, 0.2) is 6.08 Å². The maximum atomic E-state index is 10.6. The molecule has 6 nitrogen and oxygen atoms in total. The Kier molecular flexibility index (Phi) is 4.91. The minimum Gasteiger partial charge on any atom is -0.478 e. The Morgan fingerprint density at radius 3 is 2.83 bits per heavy atom. The highest BCUT2D eigenvalue weighted by Crippen LogP contribution is 2.23. The van der Waals surface area contributed by atoms with E-state index in [-0.39, 0.29) is 0 Å². The molecule has 0 aliphatic heterocycles. The lowest BCUT2D eigenvalue weighted by molar-refractivity contribution is -0.131. The maximum Gasteiger partial charge on any atom is 0.328 e. The molecule has 1 aromatic heterocycles. The predicted molar refractivity (Wildman–Crippen MR) is 69.8 cm³/mol. The number of ether oxygens (including phenoxy) is 1. The monoisotopic (exact) mass is 253 g/mol. The average Bonchev–Trinajstić information content (AvgIpc) is 2.58. The summed E-state index contributed by atoms with van der Waals surface area (Å²) in [6, 6.07) is 0. The van der Waals surface area contributed by atoms with Crippen molar-refractivity contribution in [1.29, 1.82) is 0 Å². The molecule has 100 valence electrons. The number of likely N-dealkylation sites (N-methyl/N-ethyl adjacent to an activating group) is 1. The van der Waals surface area contributed by atoms with Gasteiger partial charge in [0.25, 0.3) is 0 Å². The summed E-state index contributed by atoms with van der Waals surface area (Å²) in [5.74, 6) is -0.0919. The zero-order chi connectivity index (χ0) is 13.7. The summed E-state index contributed by atoms with van der Waals surface area (Å²) in [6.07, 6.45) is 2.70. The zero-order valence-electron chi connectivity index (χ0n) is 11.2. The first-order chi connectivity index (χ1) is 8.47. The second kappa shape index (κ2) is 6.20. The summed E-state index contributed by atoms with van der Waals surface area (Å²) in [4.78, 5) is 12.6. The van der Waals surface area contributed by atoms with E-state index < -0.39 is 5.97 Å². The smallest absolute Gasteiger partial charge is 0.328 e. The number of anilines is 1. The molecule has 0 spiro atoms. The number of carboxylic acid groups (broad SMARTS) is 1. The molecular weight excluding hydrogens is 234 g/mol. The van der Waals surface area contributed by atoms with Gasteiger partial charge in [0, 0.05) is 39.4 Å². The lowest BCUT2D eigenvalue weighted by atomic mass is 10.2. The van der Waals surface area contributed by atoms with Crippen LogP contribution in [0.3, 0.4) is 0 Å². The first-order valence-corrected chi connectivity index (χ1v) is 5.62. The fourth-order valence-corrected chi connectivity index (χ4v) is 1.80. The Morgan fingerprint density at radius 1 is 1.61 bits per heavy atom. The molecule has 0 amide bonds. The molecule has 1 rings (SSSR count). The molecule has 0 aliphatic rings. The number of methoxy groups -OCH3 is 1. The standard InChI is InChI=1S/C12H19N3O3/c1-9-10(5-6-11(16)17)12(15(3)13-9)14(2)7-8-18-4/h5-6H,7-8H2,1-4H3,(H,16,17)/b6-5+. The lowest BCUT2D eigenvalue weighted by Crippen LogP contribution is -2.25. The van der Waals surface area contributed by atoms with Crippen LogP contribution in [0.4, 0.5) is 5.82 Å². The number of aromatic nitrogens is 2. The minimum absolute atomic E-state index is 0.600. The highest BCUT2D eigenvalue weighted by atomic mass is 16.5. The fraction of sp³-hybridized carbons (Fsp3) is 0.500. The van der Waals surface area contributed by atoms with E-state index >= 15 is 0 Å². The molecule has 0 aromatic carbocycles. The van der Waals surface area contributed by atoms with Gasteiger partial charge in [-0.05, 0) is 13.0 Å². The SMILES string of the molecule is COCCN(C)c1c(/C=C/C(=O)O)c(C)nn1C. The molecule has 1 N–H and O–H groups in total. The van der Waals surface area contributed by atoms with Crippen LogP contribution >= 0.6 is 0 Å². The van der Waals surface area contributed by atoms with Crippen molar-refractivity contribution in [1.82, 2.24) is 9.78 Å². The van der Waals surface area contributed by atoms with Crippen molar-refractivity contribution in [3.63, 3.8) is 0 Å². The number of nitrogens with zero attached hydrogens (tertiary/aromatic N) is 3. The molecule has 1 heterocycles. The maximum absolute atomic E-state index is 10.6. The molecular formula is C12H19N3O3. The largest absolute Gasteiger partial charge is 0.478 e. The van der Waals surface area contributed by atoms with Crippen LogP contribution in [0.5, 0.6) is 0 Å². The number of hydrogen-bond donors (Lipinski definition) is 1. The normalized spacial score (nSPS) is 11.1. The second-order valence-corrected chi connectivity index (χ2v) is 4.03. The Balaban J connectivity index is 3.05. The molecule has 18 heavy (non-hydrogen) atoms. The fourth-order valence-electron chi connectivity index (χ4n) is 1.80. The summed E-state index contributed by atoms with van der Waals surface area (Å²) >= 11 is 0. The number of rotatable bonds is 6. The molecule has 0 saturated carbocycles. The average molecular weight is 253 g/mol. The Bertz CT molecular complexity index is 452. The van der Waals surface area contributed by atoms with Crippen LogP contribution in [-0.2, 0) is 16.6 Å². The van der Waals surface area contributed by atoms with Gasteiger partial charge in [0.05, 0.1) is 12.3 Å². The molecule has 0 saturated heterocycles. The van der Waals surface area contributed by atoms with Crippen LogP contribution in [0, 0.1) is 6.92 Å². The number of aliphatic carboxylic acids is 1. The third-order valence-corrected chi connectivity index (χ3v) is 2.62. The van der Waals surface area contributed by atoms with Crippen molar-refractivity contribution in [2.45, 2.75) is 6.92 Å². The van der Waals surface area contributed by atoms with Gasteiger partial charge in [-0.25, -0.2) is 4.79 Å². The van der Waals surface area contributed by atoms with Crippen molar-refractivity contribution in [2.24, 2.45) is 7.05 Å². The number of hydrogen-bond acceptors (Lipinski definition) is 4. The highest BCUT2D eigenvalue weighted by Gasteiger charge is 2.14. The number of carbonyl (C=O) groups is 1. The van der Waals surface area contributed by atoms with Crippen molar-refractivity contribution in [3.05, 3.63) is 17.3 Å². The molecule has 0 radical (unpaired) electrons. The van der Waals surface area contributed by atoms with E-state index in [1.807, 2.05) is 25.9 Å². The van der Waals surface area contributed by atoms with Gasteiger partial charge in [-0.15, -0.1) is 0 Å². The van der Waals surface area contributed by atoms with Gasteiger partial charge in [-0.3, -0.25) is 4.68 Å². The van der Waals surface area contributed by atoms with Gasteiger partial charge >= 0.3 is 5.97 Å². The minimum atomic E-state index is -0.969. The van der Waals surface area contributed by atoms with Crippen LogP contribution in [-0.4, -0.2) is 48.2 Å². The van der Waals surface area contributed by atoms with Gasteiger partial charge in [0.1, 0.15) is 5.82 Å². The van der Waals surface area contributed by atoms with Crippen LogP contribution in [0.1, 0.15) is 11.3 Å². The van der Waals surface area contributed by atoms with E-state index in [0.29, 0.717) is 13.2 Å². The van der Waals surface area contributed by atoms with E-state index in [4.69, 9.17) is 9.84 Å². The van der Waals surface area contributed by atoms with Crippen LogP contribution < -0.4 is 4.90 Å². The summed E-state index contributed by atoms with van der Waals surface area (Å²) in [5, 5.41) is 13.0. The third-order valence-electron chi connectivity index (χ3n) is 2.62. The van der Waals surface area contributed by atoms with E-state index in [1.54, 1.807) is 17.9 Å². The van der Waals surface area contributed by atoms with Crippen molar-refractivity contribution in [3.8, 4) is 0 Å². The van der Waals surface area contributed by atoms with Gasteiger partial charge in [0.2, 0.25) is 0 Å². The summed E-state index contributed by atoms with van der Waals surface area (Å²) in [7, 11) is 5.41. The van der Waals surface area contributed by atoms with E-state index in [0.717, 1.165) is 23.2 Å². The van der Waals surface area contributed by atoms with Crippen molar-refractivity contribution in [2.75, 3.05) is 32.2 Å². The molecule has 0 fully saturated rings. The Morgan fingerprint density at radius 2 is 2.28 bits per heavy atom. The Labute approximate surface area is 106 Å². The van der Waals surface area contributed by atoms with Gasteiger partial charge in [-0.1, -0.05) is 0 Å². The van der Waals surface area contributed by atoms with Crippen molar-refractivity contribution < 1.29 is 14.6 Å². The Hall–Kier alpha value is -1.82. The number of aryl methyl sites for hydroxylation is 2. The predicted octanol–water partition coefficient (Wildman–Crippen LogP) is 0.909. The van der Waals surface area contributed by atoms with Crippen LogP contribution in [0.25, 0.3) is 6.08 Å². The van der Waals surface area contributed by atoms with Gasteiger partial charge < -0.3 is 14.7 Å². The molecule has 1 aromatic rings. The molecule has 0 atom stereocenters.